The van der Waals surface area contributed by atoms with Crippen molar-refractivity contribution in [2.24, 2.45) is 22.4 Å². The van der Waals surface area contributed by atoms with Gasteiger partial charge in [-0.3, -0.25) is 14.4 Å². The Balaban J connectivity index is 1.59. The molecule has 1 spiro atoms. The third kappa shape index (κ3) is 2.35. The first-order chi connectivity index (χ1) is 15.4. The molecule has 0 aromatic rings. The van der Waals surface area contributed by atoms with Crippen molar-refractivity contribution in [3.8, 4) is 0 Å². The molecule has 2 unspecified atom stereocenters. The molecule has 174 valence electrons. The molecule has 2 heterocycles. The summed E-state index contributed by atoms with van der Waals surface area (Å²) in [5, 5.41) is 3.65. The van der Waals surface area contributed by atoms with Crippen molar-refractivity contribution in [3.63, 3.8) is 0 Å². The smallest absolute Gasteiger partial charge is 0.183 e. The number of nitroso groups, excluding NO2 is 1. The molecule has 0 amide bonds. The molecule has 0 aromatic heterocycles. The van der Waals surface area contributed by atoms with Gasteiger partial charge in [0.15, 0.2) is 23.1 Å². The van der Waals surface area contributed by atoms with Crippen LogP contribution in [0.1, 0.15) is 66.2 Å². The van der Waals surface area contributed by atoms with E-state index in [1.807, 2.05) is 27.7 Å². The third-order valence-corrected chi connectivity index (χ3v) is 9.55. The zero-order chi connectivity index (χ0) is 23.6. The van der Waals surface area contributed by atoms with Crippen LogP contribution in [-0.2, 0) is 23.9 Å². The maximum atomic E-state index is 13.7. The number of rotatable bonds is 1. The SMILES string of the molecule is C[C@@H]1[C@@]2(CCC(C)(C)O2)O[C@]23CC[C@@]1(N=O)C2C(=O)C=C1C3=CC(=O)C2=CC(=O)CCC21C. The van der Waals surface area contributed by atoms with Crippen LogP contribution in [-0.4, -0.2) is 39.9 Å². The lowest BCUT2D eigenvalue weighted by molar-refractivity contribution is -0.339. The minimum atomic E-state index is -1.15. The number of hydrogen-bond donors (Lipinski definition) is 0. The van der Waals surface area contributed by atoms with Gasteiger partial charge in [0, 0.05) is 29.7 Å². The van der Waals surface area contributed by atoms with Crippen molar-refractivity contribution in [1.82, 2.24) is 0 Å². The Morgan fingerprint density at radius 2 is 1.64 bits per heavy atom. The summed E-state index contributed by atoms with van der Waals surface area (Å²) in [6.07, 6.45) is 7.55. The van der Waals surface area contributed by atoms with Crippen LogP contribution in [0.3, 0.4) is 0 Å². The van der Waals surface area contributed by atoms with E-state index >= 15 is 0 Å². The molecule has 6 rings (SSSR count). The van der Waals surface area contributed by atoms with Gasteiger partial charge in [0.1, 0.15) is 11.1 Å². The Labute approximate surface area is 192 Å². The first-order valence-corrected chi connectivity index (χ1v) is 12.0. The average Bonchev–Trinajstić information content (AvgIpc) is 3.23. The van der Waals surface area contributed by atoms with Gasteiger partial charge < -0.3 is 9.47 Å². The number of carbonyl (C=O) groups is 3. The van der Waals surface area contributed by atoms with E-state index in [-0.39, 0.29) is 17.3 Å². The molecule has 6 aliphatic rings. The van der Waals surface area contributed by atoms with Gasteiger partial charge in [-0.25, -0.2) is 0 Å². The van der Waals surface area contributed by atoms with Gasteiger partial charge >= 0.3 is 0 Å². The summed E-state index contributed by atoms with van der Waals surface area (Å²) < 4.78 is 13.4. The second kappa shape index (κ2) is 6.05. The number of ether oxygens (including phenoxy) is 2. The first kappa shape index (κ1) is 21.3. The zero-order valence-electron chi connectivity index (χ0n) is 19.5. The molecule has 2 aliphatic heterocycles. The fraction of sp³-hybridized carbons (Fsp3) is 0.654. The van der Waals surface area contributed by atoms with Crippen molar-refractivity contribution < 1.29 is 23.9 Å². The fourth-order valence-corrected chi connectivity index (χ4v) is 7.77. The van der Waals surface area contributed by atoms with Gasteiger partial charge in [-0.1, -0.05) is 19.0 Å². The molecule has 0 N–H and O–H groups in total. The summed E-state index contributed by atoms with van der Waals surface area (Å²) in [6, 6.07) is 0. The van der Waals surface area contributed by atoms with Crippen LogP contribution >= 0.6 is 0 Å². The van der Waals surface area contributed by atoms with E-state index < -0.39 is 39.8 Å². The maximum Gasteiger partial charge on any atom is 0.183 e. The minimum Gasteiger partial charge on any atom is -0.344 e. The van der Waals surface area contributed by atoms with Gasteiger partial charge in [0.25, 0.3) is 0 Å². The summed E-state index contributed by atoms with van der Waals surface area (Å²) >= 11 is 0. The van der Waals surface area contributed by atoms with Crippen molar-refractivity contribution in [2.75, 3.05) is 0 Å². The van der Waals surface area contributed by atoms with Gasteiger partial charge in [0.05, 0.1) is 11.5 Å². The summed E-state index contributed by atoms with van der Waals surface area (Å²) in [5.41, 5.74) is -1.59. The lowest BCUT2D eigenvalue weighted by atomic mass is 9.54. The summed E-state index contributed by atoms with van der Waals surface area (Å²) in [6.45, 7) is 7.85. The van der Waals surface area contributed by atoms with Crippen LogP contribution in [0.15, 0.2) is 40.1 Å². The summed E-state index contributed by atoms with van der Waals surface area (Å²) in [7, 11) is 0. The quantitative estimate of drug-likeness (QED) is 0.561. The highest BCUT2D eigenvalue weighted by Gasteiger charge is 2.77. The summed E-state index contributed by atoms with van der Waals surface area (Å²) in [4.78, 5) is 51.7. The first-order valence-electron chi connectivity index (χ1n) is 12.0. The Morgan fingerprint density at radius 1 is 0.879 bits per heavy atom. The minimum absolute atomic E-state index is 0.0697. The third-order valence-electron chi connectivity index (χ3n) is 9.55. The highest BCUT2D eigenvalue weighted by atomic mass is 16.7. The number of hydrogen-bond acceptors (Lipinski definition) is 7. The van der Waals surface area contributed by atoms with Crippen molar-refractivity contribution in [3.05, 3.63) is 39.9 Å². The topological polar surface area (TPSA) is 99.1 Å². The standard InChI is InChI=1S/C26H29NO6/c1-14-24(27-31)8-9-25(33-26(14)10-7-22(2,3)32-26)17-13-19(29)18-11-15(28)5-6-23(18,4)16(17)12-20(30)21(24)25/h11-14,21H,5-10H2,1-4H3/t14-,21?,23?,24-,25-,26+/m0/s1. The predicted molar refractivity (Wildman–Crippen MR) is 118 cm³/mol. The van der Waals surface area contributed by atoms with Crippen LogP contribution in [0.5, 0.6) is 0 Å². The highest BCUT2D eigenvalue weighted by molar-refractivity contribution is 6.14. The molecule has 0 aromatic carbocycles. The van der Waals surface area contributed by atoms with Gasteiger partial charge in [-0.15, -0.1) is 0 Å². The average molecular weight is 452 g/mol. The largest absolute Gasteiger partial charge is 0.344 e. The van der Waals surface area contributed by atoms with Gasteiger partial charge in [0.2, 0.25) is 0 Å². The Bertz CT molecular complexity index is 1150. The van der Waals surface area contributed by atoms with Crippen LogP contribution in [0.25, 0.3) is 0 Å². The van der Waals surface area contributed by atoms with Crippen molar-refractivity contribution in [2.45, 2.75) is 88.7 Å². The molecule has 4 aliphatic carbocycles. The highest BCUT2D eigenvalue weighted by Crippen LogP contribution is 2.69. The number of carbonyl (C=O) groups excluding carboxylic acids is 3. The monoisotopic (exact) mass is 451 g/mol. The van der Waals surface area contributed by atoms with Crippen molar-refractivity contribution >= 4 is 17.3 Å². The molecule has 3 fully saturated rings. The maximum absolute atomic E-state index is 13.7. The lowest BCUT2D eigenvalue weighted by Gasteiger charge is -2.58. The van der Waals surface area contributed by atoms with Crippen LogP contribution in [0, 0.1) is 22.2 Å². The molecule has 1 saturated carbocycles. The predicted octanol–water partition coefficient (Wildman–Crippen LogP) is 3.91. The lowest BCUT2D eigenvalue weighted by Crippen LogP contribution is -2.68. The van der Waals surface area contributed by atoms with E-state index in [2.05, 4.69) is 5.18 Å². The molecule has 6 atom stereocenters. The van der Waals surface area contributed by atoms with E-state index in [9.17, 15) is 19.3 Å². The molecule has 0 radical (unpaired) electrons. The van der Waals surface area contributed by atoms with E-state index in [0.29, 0.717) is 43.3 Å². The molecular formula is C26H29NO6. The molecule has 7 nitrogen and oxygen atoms in total. The number of nitrogens with zero attached hydrogens (tertiary/aromatic N) is 1. The van der Waals surface area contributed by atoms with Crippen LogP contribution < -0.4 is 0 Å². The van der Waals surface area contributed by atoms with E-state index in [0.717, 1.165) is 12.0 Å². The van der Waals surface area contributed by atoms with Crippen molar-refractivity contribution in [1.29, 1.82) is 0 Å². The summed E-state index contributed by atoms with van der Waals surface area (Å²) in [5.74, 6) is -2.69. The second-order valence-electron chi connectivity index (χ2n) is 11.6. The fourth-order valence-electron chi connectivity index (χ4n) is 7.77. The van der Waals surface area contributed by atoms with Gasteiger partial charge in [-0.2, -0.15) is 4.91 Å². The number of fused-ring (bicyclic) bond motifs is 3. The van der Waals surface area contributed by atoms with E-state index in [4.69, 9.17) is 9.47 Å². The molecule has 33 heavy (non-hydrogen) atoms. The molecular weight excluding hydrogens is 422 g/mol. The Kier molecular flexibility index (Phi) is 3.90. The molecule has 7 heteroatoms. The second-order valence-corrected chi connectivity index (χ2v) is 11.6. The molecule has 2 bridgehead atoms. The van der Waals surface area contributed by atoms with Crippen LogP contribution in [0.4, 0.5) is 0 Å². The van der Waals surface area contributed by atoms with E-state index in [1.165, 1.54) is 6.08 Å². The number of ketones is 3. The zero-order valence-corrected chi connectivity index (χ0v) is 19.5. The Morgan fingerprint density at radius 3 is 2.30 bits per heavy atom. The van der Waals surface area contributed by atoms with Gasteiger partial charge in [-0.05, 0) is 68.9 Å². The van der Waals surface area contributed by atoms with Crippen LogP contribution in [0.2, 0.25) is 0 Å². The number of allylic oxidation sites excluding steroid dienone is 4. The molecule has 2 saturated heterocycles. The van der Waals surface area contributed by atoms with E-state index in [1.54, 1.807) is 12.2 Å². The Hall–Kier alpha value is -2.25. The normalized spacial score (nSPS) is 47.4.